The van der Waals surface area contributed by atoms with E-state index in [1.165, 1.54) is 12.5 Å². The van der Waals surface area contributed by atoms with Crippen molar-refractivity contribution < 1.29 is 23.5 Å². The molecule has 1 aromatic heterocycles. The van der Waals surface area contributed by atoms with Crippen LogP contribution in [0.2, 0.25) is 0 Å². The minimum atomic E-state index is -0.195. The molecule has 1 atom stereocenters. The molecule has 2 amide bonds. The van der Waals surface area contributed by atoms with E-state index in [-0.39, 0.29) is 17.7 Å². The van der Waals surface area contributed by atoms with Gasteiger partial charge in [0.15, 0.2) is 11.5 Å². The summed E-state index contributed by atoms with van der Waals surface area (Å²) in [6.07, 6.45) is 4.54. The fraction of sp³-hybridized carbons (Fsp3) is 0.478. The summed E-state index contributed by atoms with van der Waals surface area (Å²) in [6.45, 7) is 6.65. The third-order valence-electron chi connectivity index (χ3n) is 5.42. The highest BCUT2D eigenvalue weighted by molar-refractivity contribution is 5.94. The van der Waals surface area contributed by atoms with Crippen molar-refractivity contribution in [3.8, 4) is 11.5 Å². The molecule has 1 unspecified atom stereocenters. The van der Waals surface area contributed by atoms with Gasteiger partial charge in [0.25, 0.3) is 5.91 Å². The highest BCUT2D eigenvalue weighted by atomic mass is 16.5. The predicted octanol–water partition coefficient (Wildman–Crippen LogP) is 3.59. The number of ether oxygens (including phenoxy) is 2. The molecule has 0 bridgehead atoms. The smallest absolute Gasteiger partial charge is 0.257 e. The van der Waals surface area contributed by atoms with Gasteiger partial charge in [0.2, 0.25) is 5.91 Å². The van der Waals surface area contributed by atoms with Crippen LogP contribution in [-0.2, 0) is 11.3 Å². The Kier molecular flexibility index (Phi) is 7.38. The van der Waals surface area contributed by atoms with Gasteiger partial charge in [-0.1, -0.05) is 6.07 Å². The molecular weight excluding hydrogens is 384 g/mol. The molecule has 0 saturated carbocycles. The first kappa shape index (κ1) is 21.7. The number of likely N-dealkylation sites (tertiary alicyclic amines) is 1. The Morgan fingerprint density at radius 3 is 2.73 bits per heavy atom. The molecule has 1 saturated heterocycles. The minimum absolute atomic E-state index is 0.0787. The number of methoxy groups -OCH3 is 1. The highest BCUT2D eigenvalue weighted by Crippen LogP contribution is 2.29. The van der Waals surface area contributed by atoms with E-state index in [9.17, 15) is 9.59 Å². The number of carbonyl (C=O) groups is 2. The van der Waals surface area contributed by atoms with Crippen molar-refractivity contribution in [1.29, 1.82) is 0 Å². The molecular formula is C23H30N2O5. The van der Waals surface area contributed by atoms with Gasteiger partial charge in [-0.15, -0.1) is 0 Å². The average Bonchev–Trinajstić information content (AvgIpc) is 3.32. The molecule has 0 radical (unpaired) electrons. The first-order valence-electron chi connectivity index (χ1n) is 10.5. The Balaban J connectivity index is 1.67. The van der Waals surface area contributed by atoms with Crippen molar-refractivity contribution in [2.24, 2.45) is 5.92 Å². The van der Waals surface area contributed by atoms with E-state index in [1.54, 1.807) is 18.1 Å². The normalized spacial score (nSPS) is 16.2. The summed E-state index contributed by atoms with van der Waals surface area (Å²) < 4.78 is 16.0. The summed E-state index contributed by atoms with van der Waals surface area (Å²) in [5.41, 5.74) is 1.50. The van der Waals surface area contributed by atoms with Gasteiger partial charge in [-0.3, -0.25) is 9.59 Å². The molecule has 2 aromatic rings. The summed E-state index contributed by atoms with van der Waals surface area (Å²) in [4.78, 5) is 29.4. The summed E-state index contributed by atoms with van der Waals surface area (Å²) >= 11 is 0. The van der Waals surface area contributed by atoms with Crippen LogP contribution in [0.5, 0.6) is 11.5 Å². The lowest BCUT2D eigenvalue weighted by Gasteiger charge is -2.34. The van der Waals surface area contributed by atoms with E-state index >= 15 is 0 Å². The van der Waals surface area contributed by atoms with Crippen LogP contribution in [-0.4, -0.2) is 55.0 Å². The lowest BCUT2D eigenvalue weighted by molar-refractivity contribution is -0.137. The standard InChI is InChI=1S/C23H30N2O5/c1-4-24(14-17-8-9-20(30-5-2)21(13-17)28-3)22(26)18-7-6-11-25(15-18)23(27)19-10-12-29-16-19/h8-10,12-13,16,18H,4-7,11,14-15H2,1-3H3. The van der Waals surface area contributed by atoms with Crippen LogP contribution in [0.1, 0.15) is 42.6 Å². The maximum atomic E-state index is 13.2. The minimum Gasteiger partial charge on any atom is -0.493 e. The van der Waals surface area contributed by atoms with Crippen LogP contribution in [0.25, 0.3) is 0 Å². The molecule has 7 nitrogen and oxygen atoms in total. The molecule has 7 heteroatoms. The zero-order valence-electron chi connectivity index (χ0n) is 17.9. The van der Waals surface area contributed by atoms with Gasteiger partial charge in [0.1, 0.15) is 6.26 Å². The number of carbonyl (C=O) groups excluding carboxylic acids is 2. The molecule has 1 fully saturated rings. The topological polar surface area (TPSA) is 72.2 Å². The molecule has 1 aliphatic rings. The number of benzene rings is 1. The van der Waals surface area contributed by atoms with Gasteiger partial charge in [-0.2, -0.15) is 0 Å². The second-order valence-corrected chi connectivity index (χ2v) is 7.37. The van der Waals surface area contributed by atoms with Crippen molar-refractivity contribution in [3.63, 3.8) is 0 Å². The fourth-order valence-electron chi connectivity index (χ4n) is 3.84. The van der Waals surface area contributed by atoms with Crippen LogP contribution in [0.15, 0.2) is 41.2 Å². The van der Waals surface area contributed by atoms with Crippen molar-refractivity contribution in [1.82, 2.24) is 9.80 Å². The maximum Gasteiger partial charge on any atom is 0.257 e. The fourth-order valence-corrected chi connectivity index (χ4v) is 3.84. The second-order valence-electron chi connectivity index (χ2n) is 7.37. The third kappa shape index (κ3) is 4.96. The van der Waals surface area contributed by atoms with Gasteiger partial charge < -0.3 is 23.7 Å². The van der Waals surface area contributed by atoms with E-state index in [0.29, 0.717) is 49.8 Å². The van der Waals surface area contributed by atoms with Crippen LogP contribution in [0, 0.1) is 5.92 Å². The number of hydrogen-bond donors (Lipinski definition) is 0. The van der Waals surface area contributed by atoms with E-state index < -0.39 is 0 Å². The monoisotopic (exact) mass is 414 g/mol. The molecule has 0 aliphatic carbocycles. The van der Waals surface area contributed by atoms with Crippen LogP contribution in [0.3, 0.4) is 0 Å². The molecule has 30 heavy (non-hydrogen) atoms. The Hall–Kier alpha value is -2.96. The Morgan fingerprint density at radius 1 is 1.23 bits per heavy atom. The average molecular weight is 415 g/mol. The molecule has 1 aromatic carbocycles. The molecule has 2 heterocycles. The molecule has 1 aliphatic heterocycles. The SMILES string of the molecule is CCOc1ccc(CN(CC)C(=O)C2CCCN(C(=O)c3ccoc3)C2)cc1OC. The number of hydrogen-bond acceptors (Lipinski definition) is 5. The van der Waals surface area contributed by atoms with Gasteiger partial charge in [-0.05, 0) is 50.5 Å². The van der Waals surface area contributed by atoms with E-state index in [1.807, 2.05) is 36.9 Å². The number of nitrogens with zero attached hydrogens (tertiary/aromatic N) is 2. The van der Waals surface area contributed by atoms with Crippen LogP contribution in [0.4, 0.5) is 0 Å². The van der Waals surface area contributed by atoms with Gasteiger partial charge >= 0.3 is 0 Å². The first-order chi connectivity index (χ1) is 14.6. The van der Waals surface area contributed by atoms with Crippen molar-refractivity contribution in [2.45, 2.75) is 33.2 Å². The largest absolute Gasteiger partial charge is 0.493 e. The van der Waals surface area contributed by atoms with E-state index in [2.05, 4.69) is 0 Å². The zero-order valence-corrected chi connectivity index (χ0v) is 17.9. The molecule has 0 spiro atoms. The van der Waals surface area contributed by atoms with Crippen molar-refractivity contribution in [3.05, 3.63) is 47.9 Å². The Morgan fingerprint density at radius 2 is 2.07 bits per heavy atom. The first-order valence-corrected chi connectivity index (χ1v) is 10.5. The number of amides is 2. The van der Waals surface area contributed by atoms with Gasteiger partial charge in [0, 0.05) is 26.2 Å². The number of rotatable bonds is 8. The van der Waals surface area contributed by atoms with Crippen LogP contribution < -0.4 is 9.47 Å². The molecule has 162 valence electrons. The van der Waals surface area contributed by atoms with Crippen molar-refractivity contribution in [2.75, 3.05) is 33.4 Å². The Bertz CT molecular complexity index is 849. The van der Waals surface area contributed by atoms with Gasteiger partial charge in [0.05, 0.1) is 31.5 Å². The van der Waals surface area contributed by atoms with Gasteiger partial charge in [-0.25, -0.2) is 0 Å². The van der Waals surface area contributed by atoms with Crippen LogP contribution >= 0.6 is 0 Å². The maximum absolute atomic E-state index is 13.2. The quantitative estimate of drug-likeness (QED) is 0.660. The zero-order chi connectivity index (χ0) is 21.5. The number of furan rings is 1. The van der Waals surface area contributed by atoms with Crippen molar-refractivity contribution >= 4 is 11.8 Å². The lowest BCUT2D eigenvalue weighted by Crippen LogP contribution is -2.46. The molecule has 3 rings (SSSR count). The summed E-state index contributed by atoms with van der Waals surface area (Å²) in [7, 11) is 1.61. The number of piperidine rings is 1. The summed E-state index contributed by atoms with van der Waals surface area (Å²) in [5, 5.41) is 0. The van der Waals surface area contributed by atoms with E-state index in [0.717, 1.165) is 18.4 Å². The summed E-state index contributed by atoms with van der Waals surface area (Å²) in [5.74, 6) is 1.15. The second kappa shape index (κ2) is 10.2. The molecule has 0 N–H and O–H groups in total. The third-order valence-corrected chi connectivity index (χ3v) is 5.42. The summed E-state index contributed by atoms with van der Waals surface area (Å²) in [6, 6.07) is 7.41. The lowest BCUT2D eigenvalue weighted by atomic mass is 9.95. The predicted molar refractivity (Wildman–Crippen MR) is 113 cm³/mol. The van der Waals surface area contributed by atoms with E-state index in [4.69, 9.17) is 13.9 Å². The Labute approximate surface area is 177 Å². The highest BCUT2D eigenvalue weighted by Gasteiger charge is 2.31.